The smallest absolute Gasteiger partial charge is 0.411 e. The largest absolute Gasteiger partial charge is 0.465 e. The number of hydrogen-bond donors (Lipinski definition) is 1. The maximum absolute atomic E-state index is 13.1. The Morgan fingerprint density at radius 3 is 2.40 bits per heavy atom. The lowest BCUT2D eigenvalue weighted by molar-refractivity contribution is -0.174. The van der Waals surface area contributed by atoms with Crippen molar-refractivity contribution in [2.45, 2.75) is 39.3 Å². The number of halogens is 3. The summed E-state index contributed by atoms with van der Waals surface area (Å²) in [6, 6.07) is 0. The fourth-order valence-electron chi connectivity index (χ4n) is 3.65. The van der Waals surface area contributed by atoms with E-state index in [1.807, 2.05) is 6.92 Å². The van der Waals surface area contributed by atoms with Crippen molar-refractivity contribution < 1.29 is 32.2 Å². The third-order valence-corrected chi connectivity index (χ3v) is 5.08. The molecule has 1 aromatic rings. The molecular weight excluding hydrogens is 403 g/mol. The van der Waals surface area contributed by atoms with Gasteiger partial charge in [-0.2, -0.15) is 13.2 Å². The second kappa shape index (κ2) is 10.8. The van der Waals surface area contributed by atoms with Crippen molar-refractivity contribution in [3.05, 3.63) is 22.5 Å². The number of aromatic amines is 1. The molecule has 1 N–H and O–H groups in total. The molecule has 0 aliphatic carbocycles. The molecule has 7 nitrogen and oxygen atoms in total. The van der Waals surface area contributed by atoms with Crippen LogP contribution < -0.4 is 0 Å². The molecule has 1 aliphatic rings. The summed E-state index contributed by atoms with van der Waals surface area (Å²) < 4.78 is 45.7. The number of aryl methyl sites for hydroxylation is 1. The topological polar surface area (TPSA) is 74.9 Å². The second-order valence-corrected chi connectivity index (χ2v) is 7.38. The van der Waals surface area contributed by atoms with E-state index in [1.54, 1.807) is 11.8 Å². The van der Waals surface area contributed by atoms with Crippen LogP contribution in [0.5, 0.6) is 0 Å². The number of rotatable bonds is 9. The molecule has 0 bridgehead atoms. The van der Waals surface area contributed by atoms with E-state index in [1.165, 1.54) is 7.11 Å². The van der Waals surface area contributed by atoms with Crippen LogP contribution in [0.2, 0.25) is 0 Å². The fourth-order valence-corrected chi connectivity index (χ4v) is 3.65. The average molecular weight is 433 g/mol. The van der Waals surface area contributed by atoms with Gasteiger partial charge in [0.1, 0.15) is 12.3 Å². The molecule has 0 aromatic carbocycles. The lowest BCUT2D eigenvalue weighted by atomic mass is 10.0. The number of methoxy groups -OCH3 is 1. The number of hydrogen-bond acceptors (Lipinski definition) is 5. The molecule has 1 saturated heterocycles. The van der Waals surface area contributed by atoms with Crippen LogP contribution in [0.4, 0.5) is 13.2 Å². The molecule has 170 valence electrons. The van der Waals surface area contributed by atoms with Crippen molar-refractivity contribution in [2.24, 2.45) is 0 Å². The maximum atomic E-state index is 13.1. The quantitative estimate of drug-likeness (QED) is 0.479. The number of carbonyl (C=O) groups excluding carboxylic acids is 2. The van der Waals surface area contributed by atoms with Gasteiger partial charge in [-0.15, -0.1) is 0 Å². The zero-order valence-corrected chi connectivity index (χ0v) is 17.7. The molecule has 0 saturated carbocycles. The molecule has 2 rings (SSSR count). The van der Waals surface area contributed by atoms with E-state index >= 15 is 0 Å². The third kappa shape index (κ3) is 6.46. The average Bonchev–Trinajstić information content (AvgIpc) is 3.02. The Morgan fingerprint density at radius 2 is 1.83 bits per heavy atom. The van der Waals surface area contributed by atoms with Crippen LogP contribution in [0, 0.1) is 6.92 Å². The summed E-state index contributed by atoms with van der Waals surface area (Å²) in [4.78, 5) is 32.1. The summed E-state index contributed by atoms with van der Waals surface area (Å²) in [5, 5.41) is 0. The Labute approximate surface area is 174 Å². The van der Waals surface area contributed by atoms with Crippen molar-refractivity contribution in [2.75, 3.05) is 53.0 Å². The number of carbonyl (C=O) groups is 2. The van der Waals surface area contributed by atoms with Crippen LogP contribution in [-0.2, 0) is 15.9 Å². The minimum atomic E-state index is -4.30. The Hall–Kier alpha value is -2.07. The van der Waals surface area contributed by atoms with Crippen LogP contribution in [0.25, 0.3) is 0 Å². The van der Waals surface area contributed by atoms with E-state index in [0.717, 1.165) is 6.42 Å². The van der Waals surface area contributed by atoms with E-state index in [-0.39, 0.29) is 12.5 Å². The number of esters is 1. The van der Waals surface area contributed by atoms with Crippen molar-refractivity contribution in [1.82, 2.24) is 14.8 Å². The second-order valence-electron chi connectivity index (χ2n) is 7.38. The van der Waals surface area contributed by atoms with Gasteiger partial charge in [0.2, 0.25) is 0 Å². The highest BCUT2D eigenvalue weighted by molar-refractivity contribution is 6.00. The Morgan fingerprint density at radius 1 is 1.17 bits per heavy atom. The molecule has 30 heavy (non-hydrogen) atoms. The highest BCUT2D eigenvalue weighted by atomic mass is 19.4. The molecular formula is C20H30F3N3O4. The molecule has 1 amide bonds. The number of alkyl halides is 3. The number of nitrogens with one attached hydrogen (secondary N) is 1. The number of amides is 1. The van der Waals surface area contributed by atoms with Gasteiger partial charge in [0, 0.05) is 45.0 Å². The summed E-state index contributed by atoms with van der Waals surface area (Å²) in [5.41, 5.74) is 2.17. The minimum Gasteiger partial charge on any atom is -0.465 e. The number of H-pyrrole nitrogens is 1. The van der Waals surface area contributed by atoms with Crippen LogP contribution in [0.3, 0.4) is 0 Å². The van der Waals surface area contributed by atoms with Gasteiger partial charge in [0.15, 0.2) is 0 Å². The van der Waals surface area contributed by atoms with Crippen molar-refractivity contribution in [3.63, 3.8) is 0 Å². The van der Waals surface area contributed by atoms with E-state index in [2.05, 4.69) is 14.6 Å². The molecule has 0 atom stereocenters. The van der Waals surface area contributed by atoms with Gasteiger partial charge in [-0.25, -0.2) is 4.79 Å². The standard InChI is InChI=1S/C20H30F3N3O4/c1-4-6-15-16(19(28)29-3)14(2)24-17(15)18(27)26-10-8-25(9-11-26)7-5-12-30-13-20(21,22)23/h24H,4-13H2,1-3H3. The normalized spacial score (nSPS) is 15.5. The molecule has 1 aliphatic heterocycles. The van der Waals surface area contributed by atoms with E-state index < -0.39 is 18.8 Å². The van der Waals surface area contributed by atoms with Gasteiger partial charge < -0.3 is 19.4 Å². The van der Waals surface area contributed by atoms with Gasteiger partial charge in [-0.3, -0.25) is 9.69 Å². The van der Waals surface area contributed by atoms with Gasteiger partial charge in [-0.1, -0.05) is 13.3 Å². The van der Waals surface area contributed by atoms with E-state index in [0.29, 0.717) is 68.1 Å². The Balaban J connectivity index is 1.90. The zero-order chi connectivity index (χ0) is 22.3. The molecule has 10 heteroatoms. The van der Waals surface area contributed by atoms with Crippen LogP contribution in [-0.4, -0.2) is 85.9 Å². The maximum Gasteiger partial charge on any atom is 0.411 e. The number of ether oxygens (including phenoxy) is 2. The summed E-state index contributed by atoms with van der Waals surface area (Å²) in [6.45, 7) is 5.48. The number of piperazine rings is 1. The number of nitrogens with zero attached hydrogens (tertiary/aromatic N) is 2. The predicted molar refractivity (Wildman–Crippen MR) is 105 cm³/mol. The molecule has 0 spiro atoms. The lowest BCUT2D eigenvalue weighted by Gasteiger charge is -2.34. The zero-order valence-electron chi connectivity index (χ0n) is 17.7. The first kappa shape index (κ1) is 24.2. The van der Waals surface area contributed by atoms with Crippen molar-refractivity contribution >= 4 is 11.9 Å². The summed E-state index contributed by atoms with van der Waals surface area (Å²) in [5.74, 6) is -0.603. The number of aromatic nitrogens is 1. The summed E-state index contributed by atoms with van der Waals surface area (Å²) in [7, 11) is 1.32. The highest BCUT2D eigenvalue weighted by Crippen LogP contribution is 2.23. The van der Waals surface area contributed by atoms with E-state index in [9.17, 15) is 22.8 Å². The summed E-state index contributed by atoms with van der Waals surface area (Å²) in [6.07, 6.45) is -2.42. The SMILES string of the molecule is CCCc1c(C(=O)N2CCN(CCCOCC(F)(F)F)CC2)[nH]c(C)c1C(=O)OC. The predicted octanol–water partition coefficient (Wildman–Crippen LogP) is 2.79. The summed E-state index contributed by atoms with van der Waals surface area (Å²) >= 11 is 0. The third-order valence-electron chi connectivity index (χ3n) is 5.08. The molecule has 2 heterocycles. The van der Waals surface area contributed by atoms with Crippen LogP contribution in [0.15, 0.2) is 0 Å². The molecule has 0 unspecified atom stereocenters. The monoisotopic (exact) mass is 433 g/mol. The highest BCUT2D eigenvalue weighted by Gasteiger charge is 2.29. The van der Waals surface area contributed by atoms with Crippen molar-refractivity contribution in [3.8, 4) is 0 Å². The van der Waals surface area contributed by atoms with Crippen molar-refractivity contribution in [1.29, 1.82) is 0 Å². The van der Waals surface area contributed by atoms with Gasteiger partial charge in [0.25, 0.3) is 5.91 Å². The van der Waals surface area contributed by atoms with Gasteiger partial charge in [0.05, 0.1) is 12.7 Å². The molecule has 1 aromatic heterocycles. The fraction of sp³-hybridized carbons (Fsp3) is 0.700. The van der Waals surface area contributed by atoms with Gasteiger partial charge >= 0.3 is 12.1 Å². The van der Waals surface area contributed by atoms with E-state index in [4.69, 9.17) is 4.74 Å². The van der Waals surface area contributed by atoms with Gasteiger partial charge in [-0.05, 0) is 25.3 Å². The first-order valence-electron chi connectivity index (χ1n) is 10.1. The first-order chi connectivity index (χ1) is 14.2. The molecule has 1 fully saturated rings. The van der Waals surface area contributed by atoms with Crippen LogP contribution in [0.1, 0.15) is 51.9 Å². The lowest BCUT2D eigenvalue weighted by Crippen LogP contribution is -2.49. The first-order valence-corrected chi connectivity index (χ1v) is 10.1. The Kier molecular flexibility index (Phi) is 8.72. The molecule has 0 radical (unpaired) electrons. The Bertz CT molecular complexity index is 726. The van der Waals surface area contributed by atoms with Crippen LogP contribution >= 0.6 is 0 Å². The minimum absolute atomic E-state index is 0.0527.